The number of azide groups is 1. The molecule has 0 radical (unpaired) electrons. The van der Waals surface area contributed by atoms with Gasteiger partial charge in [-0.3, -0.25) is 0 Å². The van der Waals surface area contributed by atoms with Crippen molar-refractivity contribution >= 4 is 0 Å². The Hall–Kier alpha value is -1.13. The molecule has 90 valence electrons. The molecule has 0 aromatic carbocycles. The SMILES string of the molecule is [N-]=[N+]=NCCC#CC12CC3CC(CC(C3)C1)C2. The second kappa shape index (κ2) is 4.27. The van der Waals surface area contributed by atoms with Gasteiger partial charge in [-0.15, -0.1) is 5.92 Å². The third kappa shape index (κ3) is 2.15. The maximum absolute atomic E-state index is 8.21. The highest BCUT2D eigenvalue weighted by molar-refractivity contribution is 5.18. The van der Waals surface area contributed by atoms with Crippen LogP contribution in [0.25, 0.3) is 10.4 Å². The van der Waals surface area contributed by atoms with Crippen LogP contribution >= 0.6 is 0 Å². The Morgan fingerprint density at radius 3 is 2.24 bits per heavy atom. The molecular weight excluding hydrogens is 210 g/mol. The molecule has 3 heteroatoms. The average molecular weight is 229 g/mol. The highest BCUT2D eigenvalue weighted by Crippen LogP contribution is 2.59. The topological polar surface area (TPSA) is 48.8 Å². The Kier molecular flexibility index (Phi) is 2.76. The lowest BCUT2D eigenvalue weighted by atomic mass is 9.50. The van der Waals surface area contributed by atoms with Crippen molar-refractivity contribution in [2.45, 2.75) is 44.9 Å². The normalized spacial score (nSPS) is 41.5. The Morgan fingerprint density at radius 2 is 1.71 bits per heavy atom. The predicted molar refractivity (Wildman–Crippen MR) is 67.0 cm³/mol. The molecule has 0 spiro atoms. The Morgan fingerprint density at radius 1 is 1.12 bits per heavy atom. The second-order valence-corrected chi connectivity index (χ2v) is 6.20. The molecule has 0 aromatic rings. The van der Waals surface area contributed by atoms with Gasteiger partial charge in [0.2, 0.25) is 0 Å². The van der Waals surface area contributed by atoms with Crippen LogP contribution in [0.5, 0.6) is 0 Å². The molecule has 0 aromatic heterocycles. The first-order valence-electron chi connectivity index (χ1n) is 6.80. The first kappa shape index (κ1) is 11.0. The van der Waals surface area contributed by atoms with Gasteiger partial charge in [-0.25, -0.2) is 0 Å². The van der Waals surface area contributed by atoms with E-state index in [1.807, 2.05) is 0 Å². The second-order valence-electron chi connectivity index (χ2n) is 6.20. The highest BCUT2D eigenvalue weighted by atomic mass is 15.1. The van der Waals surface area contributed by atoms with Crippen molar-refractivity contribution in [2.24, 2.45) is 28.3 Å². The number of hydrogen-bond acceptors (Lipinski definition) is 1. The molecule has 0 aliphatic heterocycles. The van der Waals surface area contributed by atoms with E-state index in [1.165, 1.54) is 38.5 Å². The summed E-state index contributed by atoms with van der Waals surface area (Å²) in [5.41, 5.74) is 8.56. The molecule has 4 rings (SSSR count). The summed E-state index contributed by atoms with van der Waals surface area (Å²) in [4.78, 5) is 2.76. The van der Waals surface area contributed by atoms with Gasteiger partial charge in [0, 0.05) is 23.3 Å². The van der Waals surface area contributed by atoms with Crippen LogP contribution in [0.3, 0.4) is 0 Å². The van der Waals surface area contributed by atoms with Gasteiger partial charge in [-0.2, -0.15) is 0 Å². The first-order chi connectivity index (χ1) is 8.30. The van der Waals surface area contributed by atoms with Gasteiger partial charge in [-0.05, 0) is 61.8 Å². The molecule has 3 nitrogen and oxygen atoms in total. The van der Waals surface area contributed by atoms with E-state index in [4.69, 9.17) is 5.53 Å². The molecule has 0 saturated heterocycles. The van der Waals surface area contributed by atoms with E-state index in [1.54, 1.807) is 0 Å². The quantitative estimate of drug-likeness (QED) is 0.227. The van der Waals surface area contributed by atoms with E-state index >= 15 is 0 Å². The summed E-state index contributed by atoms with van der Waals surface area (Å²) in [6.07, 6.45) is 9.17. The Balaban J connectivity index is 1.67. The van der Waals surface area contributed by atoms with Crippen molar-refractivity contribution in [3.8, 4) is 11.8 Å². The lowest BCUT2D eigenvalue weighted by molar-refractivity contribution is -0.0181. The maximum atomic E-state index is 8.21. The predicted octanol–water partition coefficient (Wildman–Crippen LogP) is 3.91. The summed E-state index contributed by atoms with van der Waals surface area (Å²) in [5, 5.41) is 3.53. The van der Waals surface area contributed by atoms with Crippen LogP contribution in [0.2, 0.25) is 0 Å². The summed E-state index contributed by atoms with van der Waals surface area (Å²) in [6, 6.07) is 0. The maximum Gasteiger partial charge on any atom is 0.0367 e. The summed E-state index contributed by atoms with van der Waals surface area (Å²) in [6.45, 7) is 0.524. The van der Waals surface area contributed by atoms with Crippen LogP contribution < -0.4 is 0 Å². The zero-order chi connectivity index (χ0) is 11.7. The molecule has 0 heterocycles. The van der Waals surface area contributed by atoms with Crippen molar-refractivity contribution in [3.05, 3.63) is 10.4 Å². The minimum absolute atomic E-state index is 0.352. The summed E-state index contributed by atoms with van der Waals surface area (Å²) >= 11 is 0. The van der Waals surface area contributed by atoms with E-state index in [9.17, 15) is 0 Å². The largest absolute Gasteiger partial charge is 0.103 e. The molecule has 0 atom stereocenters. The van der Waals surface area contributed by atoms with Crippen LogP contribution in [0.1, 0.15) is 44.9 Å². The van der Waals surface area contributed by atoms with Gasteiger partial charge in [0.05, 0.1) is 0 Å². The fourth-order valence-electron chi connectivity index (χ4n) is 4.66. The zero-order valence-electron chi connectivity index (χ0n) is 10.2. The number of rotatable bonds is 2. The molecule has 4 bridgehead atoms. The van der Waals surface area contributed by atoms with Crippen molar-refractivity contribution in [1.82, 2.24) is 0 Å². The first-order valence-corrected chi connectivity index (χ1v) is 6.80. The zero-order valence-corrected chi connectivity index (χ0v) is 10.2. The lowest BCUT2D eigenvalue weighted by Gasteiger charge is -2.54. The number of hydrogen-bond donors (Lipinski definition) is 0. The Bertz CT molecular complexity index is 374. The van der Waals surface area contributed by atoms with Crippen molar-refractivity contribution < 1.29 is 0 Å². The summed E-state index contributed by atoms with van der Waals surface area (Å²) < 4.78 is 0. The van der Waals surface area contributed by atoms with Crippen LogP contribution in [-0.2, 0) is 0 Å². The van der Waals surface area contributed by atoms with Gasteiger partial charge in [-0.1, -0.05) is 11.0 Å². The van der Waals surface area contributed by atoms with Crippen LogP contribution in [0.4, 0.5) is 0 Å². The lowest BCUT2D eigenvalue weighted by Crippen LogP contribution is -2.45. The highest BCUT2D eigenvalue weighted by Gasteiger charge is 2.50. The van der Waals surface area contributed by atoms with Crippen molar-refractivity contribution in [1.29, 1.82) is 0 Å². The van der Waals surface area contributed by atoms with E-state index in [2.05, 4.69) is 21.9 Å². The molecule has 4 saturated carbocycles. The minimum atomic E-state index is 0.352. The standard InChI is InChI=1S/C14H19N3/c15-17-16-4-2-1-3-14-8-11-5-12(9-14)7-13(6-11)10-14/h11-13H,2,4-10H2. The minimum Gasteiger partial charge on any atom is -0.103 e. The molecule has 0 amide bonds. The van der Waals surface area contributed by atoms with E-state index in [-0.39, 0.29) is 0 Å². The molecular formula is C14H19N3. The fraction of sp³-hybridized carbons (Fsp3) is 0.857. The average Bonchev–Trinajstić information content (AvgIpc) is 2.26. The third-order valence-corrected chi connectivity index (χ3v) is 4.79. The summed E-state index contributed by atoms with van der Waals surface area (Å²) in [7, 11) is 0. The van der Waals surface area contributed by atoms with Crippen molar-refractivity contribution in [2.75, 3.05) is 6.54 Å². The van der Waals surface area contributed by atoms with E-state index in [0.29, 0.717) is 12.0 Å². The monoisotopic (exact) mass is 229 g/mol. The van der Waals surface area contributed by atoms with Crippen LogP contribution in [-0.4, -0.2) is 6.54 Å². The summed E-state index contributed by atoms with van der Waals surface area (Å²) in [5.74, 6) is 9.71. The Labute approximate surface area is 103 Å². The molecule has 0 N–H and O–H groups in total. The van der Waals surface area contributed by atoms with Gasteiger partial charge >= 0.3 is 0 Å². The third-order valence-electron chi connectivity index (χ3n) is 4.79. The van der Waals surface area contributed by atoms with E-state index < -0.39 is 0 Å². The molecule has 4 aliphatic carbocycles. The van der Waals surface area contributed by atoms with Crippen LogP contribution in [0, 0.1) is 35.0 Å². The smallest absolute Gasteiger partial charge is 0.0367 e. The van der Waals surface area contributed by atoms with Gasteiger partial charge in [0.15, 0.2) is 0 Å². The van der Waals surface area contributed by atoms with Gasteiger partial charge in [0.1, 0.15) is 0 Å². The molecule has 0 unspecified atom stereocenters. The van der Waals surface area contributed by atoms with Crippen LogP contribution in [0.15, 0.2) is 5.11 Å². The molecule has 4 aliphatic rings. The van der Waals surface area contributed by atoms with Gasteiger partial charge < -0.3 is 0 Å². The molecule has 17 heavy (non-hydrogen) atoms. The fourth-order valence-corrected chi connectivity index (χ4v) is 4.66. The number of nitrogens with zero attached hydrogens (tertiary/aromatic N) is 3. The van der Waals surface area contributed by atoms with Gasteiger partial charge in [0.25, 0.3) is 0 Å². The van der Waals surface area contributed by atoms with E-state index in [0.717, 1.165) is 24.2 Å². The van der Waals surface area contributed by atoms with Crippen molar-refractivity contribution in [3.63, 3.8) is 0 Å². The molecule has 4 fully saturated rings.